The van der Waals surface area contributed by atoms with Crippen molar-refractivity contribution in [3.8, 4) is 0 Å². The molecular formula is C12H9FN6S. The smallest absolute Gasteiger partial charge is 0.215 e. The van der Waals surface area contributed by atoms with E-state index in [4.69, 9.17) is 0 Å². The van der Waals surface area contributed by atoms with Gasteiger partial charge in [0.05, 0.1) is 6.04 Å². The molecule has 0 unspecified atom stereocenters. The molecule has 4 rings (SSSR count). The van der Waals surface area contributed by atoms with Gasteiger partial charge in [-0.15, -0.1) is 5.10 Å². The van der Waals surface area contributed by atoms with E-state index in [2.05, 4.69) is 25.5 Å². The summed E-state index contributed by atoms with van der Waals surface area (Å²) in [6.45, 7) is 0. The van der Waals surface area contributed by atoms with Gasteiger partial charge in [-0.3, -0.25) is 0 Å². The second-order valence-electron chi connectivity index (χ2n) is 4.55. The molecule has 2 aromatic heterocycles. The van der Waals surface area contributed by atoms with Crippen LogP contribution in [0.2, 0.25) is 0 Å². The van der Waals surface area contributed by atoms with E-state index in [0.717, 1.165) is 12.8 Å². The van der Waals surface area contributed by atoms with Crippen LogP contribution in [0.25, 0.3) is 10.9 Å². The lowest BCUT2D eigenvalue weighted by atomic mass is 10.2. The summed E-state index contributed by atoms with van der Waals surface area (Å²) in [6, 6.07) is 5.22. The number of para-hydroxylation sites is 1. The number of rotatable bonds is 3. The summed E-state index contributed by atoms with van der Waals surface area (Å²) in [5.74, 6) is -0.353. The van der Waals surface area contributed by atoms with Gasteiger partial charge in [0.2, 0.25) is 5.16 Å². The second kappa shape index (κ2) is 4.48. The highest BCUT2D eigenvalue weighted by Gasteiger charge is 2.28. The van der Waals surface area contributed by atoms with Crippen molar-refractivity contribution in [2.45, 2.75) is 29.1 Å². The number of halogens is 1. The summed E-state index contributed by atoms with van der Waals surface area (Å²) in [5.41, 5.74) is 0.315. The molecule has 6 nitrogen and oxygen atoms in total. The van der Waals surface area contributed by atoms with Crippen molar-refractivity contribution in [3.05, 3.63) is 30.3 Å². The van der Waals surface area contributed by atoms with E-state index in [1.807, 2.05) is 0 Å². The standard InChI is InChI=1S/C12H9FN6S/c13-9-3-1-2-8-10(9)14-6-15-11(8)20-12-16-17-18-19(12)7-4-5-7/h1-3,6-7H,4-5H2. The Hall–Kier alpha value is -2.09. The first-order chi connectivity index (χ1) is 9.83. The van der Waals surface area contributed by atoms with Gasteiger partial charge in [-0.2, -0.15) is 0 Å². The van der Waals surface area contributed by atoms with Gasteiger partial charge in [0, 0.05) is 5.39 Å². The Morgan fingerprint density at radius 2 is 2.15 bits per heavy atom. The van der Waals surface area contributed by atoms with Gasteiger partial charge in [-0.05, 0) is 47.2 Å². The molecule has 3 aromatic rings. The minimum Gasteiger partial charge on any atom is -0.233 e. The van der Waals surface area contributed by atoms with E-state index in [-0.39, 0.29) is 5.82 Å². The zero-order valence-electron chi connectivity index (χ0n) is 10.3. The second-order valence-corrected chi connectivity index (χ2v) is 5.51. The Morgan fingerprint density at radius 1 is 1.25 bits per heavy atom. The lowest BCUT2D eigenvalue weighted by Gasteiger charge is -2.05. The topological polar surface area (TPSA) is 69.4 Å². The molecule has 0 spiro atoms. The summed E-state index contributed by atoms with van der Waals surface area (Å²) in [5, 5.41) is 13.7. The van der Waals surface area contributed by atoms with Gasteiger partial charge in [0.1, 0.15) is 22.7 Å². The fourth-order valence-electron chi connectivity index (χ4n) is 2.00. The summed E-state index contributed by atoms with van der Waals surface area (Å²) < 4.78 is 15.5. The lowest BCUT2D eigenvalue weighted by molar-refractivity contribution is 0.565. The molecule has 2 heterocycles. The van der Waals surface area contributed by atoms with Gasteiger partial charge < -0.3 is 0 Å². The molecule has 1 fully saturated rings. The SMILES string of the molecule is Fc1cccc2c(Sc3nnnn3C3CC3)ncnc12. The minimum atomic E-state index is -0.353. The molecule has 1 aliphatic rings. The molecule has 100 valence electrons. The molecule has 1 aliphatic carbocycles. The van der Waals surface area contributed by atoms with E-state index in [9.17, 15) is 4.39 Å². The highest BCUT2D eigenvalue weighted by atomic mass is 32.2. The van der Waals surface area contributed by atoms with E-state index >= 15 is 0 Å². The summed E-state index contributed by atoms with van der Waals surface area (Å²) in [7, 11) is 0. The van der Waals surface area contributed by atoms with Crippen LogP contribution in [0.5, 0.6) is 0 Å². The van der Waals surface area contributed by atoms with Crippen molar-refractivity contribution < 1.29 is 4.39 Å². The molecule has 0 radical (unpaired) electrons. The van der Waals surface area contributed by atoms with Gasteiger partial charge in [-0.1, -0.05) is 6.07 Å². The number of aromatic nitrogens is 6. The van der Waals surface area contributed by atoms with Crippen LogP contribution in [0.15, 0.2) is 34.7 Å². The maximum absolute atomic E-state index is 13.7. The van der Waals surface area contributed by atoms with Crippen molar-refractivity contribution >= 4 is 22.7 Å². The third-order valence-electron chi connectivity index (χ3n) is 3.12. The molecule has 20 heavy (non-hydrogen) atoms. The van der Waals surface area contributed by atoms with Crippen molar-refractivity contribution in [2.75, 3.05) is 0 Å². The fraction of sp³-hybridized carbons (Fsp3) is 0.250. The number of tetrazole rings is 1. The number of fused-ring (bicyclic) bond motifs is 1. The zero-order chi connectivity index (χ0) is 13.5. The minimum absolute atomic E-state index is 0.315. The Bertz CT molecular complexity index is 784. The first-order valence-electron chi connectivity index (χ1n) is 6.18. The molecule has 0 bridgehead atoms. The first kappa shape index (κ1) is 11.7. The number of hydrogen-bond acceptors (Lipinski definition) is 6. The van der Waals surface area contributed by atoms with Crippen LogP contribution in [-0.4, -0.2) is 30.2 Å². The molecule has 0 amide bonds. The molecule has 0 atom stereocenters. The van der Waals surface area contributed by atoms with E-state index in [1.54, 1.807) is 16.8 Å². The maximum atomic E-state index is 13.7. The van der Waals surface area contributed by atoms with Crippen LogP contribution in [0, 0.1) is 5.82 Å². The maximum Gasteiger partial charge on any atom is 0.215 e. The monoisotopic (exact) mass is 288 g/mol. The predicted octanol–water partition coefficient (Wildman–Crippen LogP) is 2.24. The Kier molecular flexibility index (Phi) is 2.62. The molecule has 0 aliphatic heterocycles. The molecule has 0 N–H and O–H groups in total. The Labute approximate surface area is 117 Å². The van der Waals surface area contributed by atoms with Crippen LogP contribution in [0.4, 0.5) is 4.39 Å². The first-order valence-corrected chi connectivity index (χ1v) is 6.99. The van der Waals surface area contributed by atoms with Crippen LogP contribution in [0.1, 0.15) is 18.9 Å². The van der Waals surface area contributed by atoms with Crippen molar-refractivity contribution in [1.29, 1.82) is 0 Å². The van der Waals surface area contributed by atoms with E-state index in [0.29, 0.717) is 27.1 Å². The molecule has 8 heteroatoms. The highest BCUT2D eigenvalue weighted by Crippen LogP contribution is 2.38. The van der Waals surface area contributed by atoms with E-state index < -0.39 is 0 Å². The van der Waals surface area contributed by atoms with Crippen LogP contribution in [0.3, 0.4) is 0 Å². The quantitative estimate of drug-likeness (QED) is 0.688. The summed E-state index contributed by atoms with van der Waals surface area (Å²) in [4.78, 5) is 8.20. The summed E-state index contributed by atoms with van der Waals surface area (Å²) >= 11 is 1.34. The summed E-state index contributed by atoms with van der Waals surface area (Å²) in [6.07, 6.45) is 3.55. The molecule has 1 saturated carbocycles. The number of benzene rings is 1. The van der Waals surface area contributed by atoms with Crippen molar-refractivity contribution in [2.24, 2.45) is 0 Å². The van der Waals surface area contributed by atoms with Crippen molar-refractivity contribution in [1.82, 2.24) is 30.2 Å². The molecule has 1 aromatic carbocycles. The van der Waals surface area contributed by atoms with Gasteiger partial charge >= 0.3 is 0 Å². The number of hydrogen-bond donors (Lipinski definition) is 0. The van der Waals surface area contributed by atoms with Crippen LogP contribution >= 0.6 is 11.8 Å². The average molecular weight is 288 g/mol. The predicted molar refractivity (Wildman–Crippen MR) is 69.7 cm³/mol. The fourth-order valence-corrected chi connectivity index (χ4v) is 2.90. The average Bonchev–Trinajstić information content (AvgIpc) is 3.20. The van der Waals surface area contributed by atoms with Crippen molar-refractivity contribution in [3.63, 3.8) is 0 Å². The Balaban J connectivity index is 1.79. The van der Waals surface area contributed by atoms with Crippen LogP contribution in [-0.2, 0) is 0 Å². The van der Waals surface area contributed by atoms with Gasteiger partial charge in [-0.25, -0.2) is 19.0 Å². The Morgan fingerprint density at radius 3 is 3.00 bits per heavy atom. The largest absolute Gasteiger partial charge is 0.233 e. The molecular weight excluding hydrogens is 279 g/mol. The van der Waals surface area contributed by atoms with Gasteiger partial charge in [0.15, 0.2) is 0 Å². The third kappa shape index (κ3) is 1.92. The number of nitrogens with zero attached hydrogens (tertiary/aromatic N) is 6. The third-order valence-corrected chi connectivity index (χ3v) is 4.09. The van der Waals surface area contributed by atoms with E-state index in [1.165, 1.54) is 24.2 Å². The lowest BCUT2D eigenvalue weighted by Crippen LogP contribution is -1.99. The normalized spacial score (nSPS) is 14.8. The van der Waals surface area contributed by atoms with Gasteiger partial charge in [0.25, 0.3) is 0 Å². The zero-order valence-corrected chi connectivity index (χ0v) is 11.1. The molecule has 0 saturated heterocycles. The highest BCUT2D eigenvalue weighted by molar-refractivity contribution is 7.99. The van der Waals surface area contributed by atoms with Crippen LogP contribution < -0.4 is 0 Å².